The Hall–Kier alpha value is -1.45. The third kappa shape index (κ3) is 6.07. The van der Waals surface area contributed by atoms with Gasteiger partial charge >= 0.3 is 0 Å². The van der Waals surface area contributed by atoms with Gasteiger partial charge in [-0.05, 0) is 65.4 Å². The van der Waals surface area contributed by atoms with E-state index in [1.807, 2.05) is 12.1 Å². The molecular weight excluding hydrogens is 463 g/mol. The zero-order valence-electron chi connectivity index (χ0n) is 14.7. The summed E-state index contributed by atoms with van der Waals surface area (Å²) < 4.78 is 28.0. The van der Waals surface area contributed by atoms with Gasteiger partial charge in [0.1, 0.15) is 0 Å². The number of benzene rings is 2. The molecule has 0 radical (unpaired) electrons. The van der Waals surface area contributed by atoms with Crippen molar-refractivity contribution >= 4 is 44.2 Å². The molecule has 0 aliphatic heterocycles. The van der Waals surface area contributed by atoms with E-state index in [1.54, 1.807) is 24.3 Å². The van der Waals surface area contributed by atoms with Crippen molar-refractivity contribution in [3.63, 3.8) is 0 Å². The molecule has 0 aliphatic rings. The maximum atomic E-state index is 12.3. The Bertz CT molecular complexity index is 836. The largest absolute Gasteiger partial charge is 0.322 e. The molecule has 0 aliphatic carbocycles. The molecule has 140 valence electrons. The number of carbonyl (C=O) groups is 1. The van der Waals surface area contributed by atoms with Crippen LogP contribution in [0.1, 0.15) is 43.0 Å². The van der Waals surface area contributed by atoms with Crippen molar-refractivity contribution in [3.05, 3.63) is 57.7 Å². The molecule has 0 spiro atoms. The molecule has 2 N–H and O–H groups in total. The zero-order chi connectivity index (χ0) is 19.0. The van der Waals surface area contributed by atoms with Crippen molar-refractivity contribution in [3.8, 4) is 0 Å². The molecule has 0 aromatic heterocycles. The fourth-order valence-corrected chi connectivity index (χ4v) is 4.11. The van der Waals surface area contributed by atoms with Gasteiger partial charge in [-0.3, -0.25) is 4.79 Å². The number of halogens is 1. The minimum absolute atomic E-state index is 0.195. The van der Waals surface area contributed by atoms with Gasteiger partial charge in [-0.15, -0.1) is 0 Å². The van der Waals surface area contributed by atoms with E-state index in [9.17, 15) is 13.2 Å². The first kappa shape index (κ1) is 20.9. The van der Waals surface area contributed by atoms with Crippen LogP contribution in [0.15, 0.2) is 53.4 Å². The van der Waals surface area contributed by atoms with Gasteiger partial charge in [0.2, 0.25) is 10.0 Å². The van der Waals surface area contributed by atoms with E-state index in [4.69, 9.17) is 0 Å². The van der Waals surface area contributed by atoms with E-state index < -0.39 is 10.0 Å². The smallest absolute Gasteiger partial charge is 0.256 e. The highest BCUT2D eigenvalue weighted by molar-refractivity contribution is 14.1. The minimum Gasteiger partial charge on any atom is -0.322 e. The predicted molar refractivity (Wildman–Crippen MR) is 113 cm³/mol. The second kappa shape index (κ2) is 10.0. The number of unbranched alkanes of at least 4 members (excludes halogenated alkanes) is 3. The summed E-state index contributed by atoms with van der Waals surface area (Å²) >= 11 is 2.11. The van der Waals surface area contributed by atoms with Crippen molar-refractivity contribution < 1.29 is 13.2 Å². The van der Waals surface area contributed by atoms with Crippen molar-refractivity contribution in [2.24, 2.45) is 0 Å². The van der Waals surface area contributed by atoms with Gasteiger partial charge in [0.15, 0.2) is 0 Å². The third-order valence-electron chi connectivity index (χ3n) is 3.86. The number of hydrogen-bond acceptors (Lipinski definition) is 3. The number of hydrogen-bond donors (Lipinski definition) is 2. The van der Waals surface area contributed by atoms with Gasteiger partial charge < -0.3 is 5.32 Å². The lowest BCUT2D eigenvalue weighted by atomic mass is 10.2. The van der Waals surface area contributed by atoms with Crippen LogP contribution in [0.25, 0.3) is 0 Å². The Morgan fingerprint density at radius 3 is 2.35 bits per heavy atom. The van der Waals surface area contributed by atoms with Crippen LogP contribution < -0.4 is 10.0 Å². The summed E-state index contributed by atoms with van der Waals surface area (Å²) in [6, 6.07) is 13.5. The number of nitrogens with one attached hydrogen (secondary N) is 2. The number of carbonyl (C=O) groups excluding carboxylic acids is 1. The van der Waals surface area contributed by atoms with Crippen LogP contribution in [0, 0.1) is 3.57 Å². The lowest BCUT2D eigenvalue weighted by Gasteiger charge is -2.09. The van der Waals surface area contributed by atoms with Gasteiger partial charge in [0, 0.05) is 15.8 Å². The van der Waals surface area contributed by atoms with Gasteiger partial charge in [0.25, 0.3) is 5.91 Å². The maximum absolute atomic E-state index is 12.3. The molecule has 0 saturated heterocycles. The van der Waals surface area contributed by atoms with E-state index in [0.29, 0.717) is 17.8 Å². The Balaban J connectivity index is 1.97. The molecule has 5 nitrogen and oxygen atoms in total. The van der Waals surface area contributed by atoms with E-state index in [0.717, 1.165) is 29.3 Å². The highest BCUT2D eigenvalue weighted by atomic mass is 127. The lowest BCUT2D eigenvalue weighted by molar-refractivity contribution is 0.102. The van der Waals surface area contributed by atoms with Crippen molar-refractivity contribution in [1.29, 1.82) is 0 Å². The Labute approximate surface area is 168 Å². The molecule has 1 amide bonds. The summed E-state index contributed by atoms with van der Waals surface area (Å²) in [5.74, 6) is -0.223. The van der Waals surface area contributed by atoms with Crippen molar-refractivity contribution in [2.45, 2.75) is 37.5 Å². The molecule has 0 heterocycles. The van der Waals surface area contributed by atoms with Crippen LogP contribution in [0.5, 0.6) is 0 Å². The topological polar surface area (TPSA) is 75.3 Å². The summed E-state index contributed by atoms with van der Waals surface area (Å²) in [6.07, 6.45) is 4.07. The summed E-state index contributed by atoms with van der Waals surface area (Å²) in [6.45, 7) is 2.55. The van der Waals surface area contributed by atoms with Crippen molar-refractivity contribution in [1.82, 2.24) is 4.72 Å². The minimum atomic E-state index is -3.52. The second-order valence-electron chi connectivity index (χ2n) is 5.92. The molecule has 2 aromatic rings. The molecule has 0 unspecified atom stereocenters. The van der Waals surface area contributed by atoms with Crippen LogP contribution in [0.4, 0.5) is 5.69 Å². The fraction of sp³-hybridized carbons (Fsp3) is 0.316. The number of sulfonamides is 1. The van der Waals surface area contributed by atoms with Gasteiger partial charge in [-0.1, -0.05) is 38.3 Å². The predicted octanol–water partition coefficient (Wildman–Crippen LogP) is 4.40. The summed E-state index contributed by atoms with van der Waals surface area (Å²) in [5, 5.41) is 2.79. The molecule has 2 aromatic carbocycles. The number of rotatable bonds is 9. The standard InChI is InChI=1S/C19H23IN2O3S/c1-2-3-4-7-14-21-26(24,25)16-12-10-15(11-13-16)22-19(23)17-8-5-6-9-18(17)20/h5-6,8-13,21H,2-4,7,14H2,1H3,(H,22,23). The van der Waals surface area contributed by atoms with Gasteiger partial charge in [0.05, 0.1) is 10.5 Å². The SMILES string of the molecule is CCCCCCNS(=O)(=O)c1ccc(NC(=O)c2ccccc2I)cc1. The number of amides is 1. The van der Waals surface area contributed by atoms with Crippen LogP contribution >= 0.6 is 22.6 Å². The molecule has 26 heavy (non-hydrogen) atoms. The quantitative estimate of drug-likeness (QED) is 0.408. The fourth-order valence-electron chi connectivity index (χ4n) is 2.40. The summed E-state index contributed by atoms with van der Waals surface area (Å²) in [7, 11) is -3.52. The Kier molecular flexibility index (Phi) is 8.05. The van der Waals surface area contributed by atoms with E-state index in [1.165, 1.54) is 12.1 Å². The molecule has 7 heteroatoms. The summed E-state index contributed by atoms with van der Waals surface area (Å²) in [5.41, 5.74) is 1.13. The Morgan fingerprint density at radius 1 is 1.00 bits per heavy atom. The molecule has 0 saturated carbocycles. The van der Waals surface area contributed by atoms with Gasteiger partial charge in [-0.2, -0.15) is 0 Å². The van der Waals surface area contributed by atoms with E-state index in [-0.39, 0.29) is 10.8 Å². The third-order valence-corrected chi connectivity index (χ3v) is 6.28. The van der Waals surface area contributed by atoms with Gasteiger partial charge in [-0.25, -0.2) is 13.1 Å². The van der Waals surface area contributed by atoms with Crippen LogP contribution in [-0.4, -0.2) is 20.9 Å². The molecule has 0 fully saturated rings. The normalized spacial score (nSPS) is 11.3. The average Bonchev–Trinajstić information content (AvgIpc) is 2.62. The molecule has 2 rings (SSSR count). The van der Waals surface area contributed by atoms with Crippen molar-refractivity contribution in [2.75, 3.05) is 11.9 Å². The molecule has 0 atom stereocenters. The number of anilines is 1. The van der Waals surface area contributed by atoms with Crippen LogP contribution in [0.2, 0.25) is 0 Å². The Morgan fingerprint density at radius 2 is 1.69 bits per heavy atom. The lowest BCUT2D eigenvalue weighted by Crippen LogP contribution is -2.24. The van der Waals surface area contributed by atoms with Crippen LogP contribution in [-0.2, 0) is 10.0 Å². The first-order chi connectivity index (χ1) is 12.4. The average molecular weight is 486 g/mol. The monoisotopic (exact) mass is 486 g/mol. The molecule has 0 bridgehead atoms. The van der Waals surface area contributed by atoms with Crippen LogP contribution in [0.3, 0.4) is 0 Å². The maximum Gasteiger partial charge on any atom is 0.256 e. The highest BCUT2D eigenvalue weighted by Gasteiger charge is 2.14. The van der Waals surface area contributed by atoms with E-state index >= 15 is 0 Å². The highest BCUT2D eigenvalue weighted by Crippen LogP contribution is 2.17. The zero-order valence-corrected chi connectivity index (χ0v) is 17.6. The summed E-state index contributed by atoms with van der Waals surface area (Å²) in [4.78, 5) is 12.5. The first-order valence-corrected chi connectivity index (χ1v) is 11.2. The second-order valence-corrected chi connectivity index (χ2v) is 8.85. The van der Waals surface area contributed by atoms with E-state index in [2.05, 4.69) is 39.6 Å². The first-order valence-electron chi connectivity index (χ1n) is 8.59. The molecular formula is C19H23IN2O3S.